The molecule has 0 radical (unpaired) electrons. The molecule has 0 aliphatic rings. The van der Waals surface area contributed by atoms with Gasteiger partial charge < -0.3 is 15.6 Å². The van der Waals surface area contributed by atoms with Gasteiger partial charge in [0.2, 0.25) is 0 Å². The minimum atomic E-state index is -0.327. The first-order valence-corrected chi connectivity index (χ1v) is 4.25. The van der Waals surface area contributed by atoms with Crippen LogP contribution in [0.3, 0.4) is 0 Å². The normalized spacial score (nSPS) is 10.2. The van der Waals surface area contributed by atoms with E-state index in [1.165, 1.54) is 6.20 Å². The van der Waals surface area contributed by atoms with Crippen LogP contribution in [0, 0.1) is 0 Å². The Bertz CT molecular complexity index is 485. The minimum absolute atomic E-state index is 0.325. The van der Waals surface area contributed by atoms with E-state index >= 15 is 0 Å². The SMILES string of the molecule is Cn1cnc(C(=O)Nc2[nH]ncc2N)c1. The average Bonchev–Trinajstić information content (AvgIpc) is 2.77. The molecular weight excluding hydrogens is 196 g/mol. The number of carbonyl (C=O) groups is 1. The van der Waals surface area contributed by atoms with Crippen molar-refractivity contribution in [1.29, 1.82) is 0 Å². The number of aryl methyl sites for hydroxylation is 1. The van der Waals surface area contributed by atoms with Crippen LogP contribution in [0.5, 0.6) is 0 Å². The number of carbonyl (C=O) groups excluding carboxylic acids is 1. The summed E-state index contributed by atoms with van der Waals surface area (Å²) in [5.74, 6) is 0.0530. The Balaban J connectivity index is 2.14. The lowest BCUT2D eigenvalue weighted by atomic mass is 10.4. The van der Waals surface area contributed by atoms with E-state index in [9.17, 15) is 4.79 Å². The van der Waals surface area contributed by atoms with Crippen molar-refractivity contribution in [3.8, 4) is 0 Å². The number of rotatable bonds is 2. The van der Waals surface area contributed by atoms with Gasteiger partial charge in [0, 0.05) is 13.2 Å². The van der Waals surface area contributed by atoms with Crippen LogP contribution in [0.15, 0.2) is 18.7 Å². The standard InChI is InChI=1S/C8H10N6O/c1-14-3-6(10-4-14)8(15)12-7-5(9)2-11-13-7/h2-4H,9H2,1H3,(H2,11,12,13,15). The van der Waals surface area contributed by atoms with Crippen LogP contribution in [0.4, 0.5) is 11.5 Å². The van der Waals surface area contributed by atoms with E-state index in [2.05, 4.69) is 20.5 Å². The summed E-state index contributed by atoms with van der Waals surface area (Å²) in [4.78, 5) is 15.5. The van der Waals surface area contributed by atoms with Crippen molar-refractivity contribution < 1.29 is 4.79 Å². The summed E-state index contributed by atoms with van der Waals surface area (Å²) in [6, 6.07) is 0. The van der Waals surface area contributed by atoms with Crippen LogP contribution in [0.1, 0.15) is 10.5 Å². The van der Waals surface area contributed by atoms with Gasteiger partial charge in [-0.25, -0.2) is 4.98 Å². The Hall–Kier alpha value is -2.31. The Morgan fingerprint density at radius 1 is 1.67 bits per heavy atom. The number of H-pyrrole nitrogens is 1. The van der Waals surface area contributed by atoms with Gasteiger partial charge in [-0.2, -0.15) is 5.10 Å². The number of nitrogen functional groups attached to an aromatic ring is 1. The van der Waals surface area contributed by atoms with Crippen LogP contribution in [-0.4, -0.2) is 25.7 Å². The molecule has 15 heavy (non-hydrogen) atoms. The van der Waals surface area contributed by atoms with Crippen LogP contribution >= 0.6 is 0 Å². The van der Waals surface area contributed by atoms with Crippen LogP contribution < -0.4 is 11.1 Å². The smallest absolute Gasteiger partial charge is 0.277 e. The zero-order chi connectivity index (χ0) is 10.8. The molecular formula is C8H10N6O. The molecule has 78 valence electrons. The molecule has 0 saturated heterocycles. The molecule has 7 heteroatoms. The van der Waals surface area contributed by atoms with E-state index in [1.807, 2.05) is 0 Å². The van der Waals surface area contributed by atoms with Crippen LogP contribution in [0.25, 0.3) is 0 Å². The highest BCUT2D eigenvalue weighted by atomic mass is 16.2. The predicted molar refractivity (Wildman–Crippen MR) is 54.2 cm³/mol. The second-order valence-corrected chi connectivity index (χ2v) is 3.08. The van der Waals surface area contributed by atoms with Gasteiger partial charge in [-0.3, -0.25) is 9.89 Å². The Kier molecular flexibility index (Phi) is 2.13. The number of nitrogens with one attached hydrogen (secondary N) is 2. The monoisotopic (exact) mass is 206 g/mol. The van der Waals surface area contributed by atoms with Crippen molar-refractivity contribution in [3.63, 3.8) is 0 Å². The molecule has 0 saturated carbocycles. The molecule has 0 atom stereocenters. The van der Waals surface area contributed by atoms with Gasteiger partial charge in [-0.1, -0.05) is 0 Å². The lowest BCUT2D eigenvalue weighted by Gasteiger charge is -1.99. The van der Waals surface area contributed by atoms with Crippen molar-refractivity contribution in [2.45, 2.75) is 0 Å². The number of nitrogens with zero attached hydrogens (tertiary/aromatic N) is 3. The number of nitrogens with two attached hydrogens (primary N) is 1. The fraction of sp³-hybridized carbons (Fsp3) is 0.125. The third-order valence-corrected chi connectivity index (χ3v) is 1.84. The maximum absolute atomic E-state index is 11.6. The maximum Gasteiger partial charge on any atom is 0.277 e. The minimum Gasteiger partial charge on any atom is -0.394 e. The highest BCUT2D eigenvalue weighted by Gasteiger charge is 2.11. The molecule has 0 fully saturated rings. The van der Waals surface area contributed by atoms with Gasteiger partial charge in [-0.15, -0.1) is 0 Å². The summed E-state index contributed by atoms with van der Waals surface area (Å²) in [5.41, 5.74) is 6.25. The number of hydrogen-bond donors (Lipinski definition) is 3. The third-order valence-electron chi connectivity index (χ3n) is 1.84. The molecule has 0 spiro atoms. The van der Waals surface area contributed by atoms with Crippen molar-refractivity contribution in [2.75, 3.05) is 11.1 Å². The molecule has 0 unspecified atom stereocenters. The lowest BCUT2D eigenvalue weighted by molar-refractivity contribution is 0.102. The Labute approximate surface area is 85.3 Å². The van der Waals surface area contributed by atoms with E-state index in [0.29, 0.717) is 17.2 Å². The Morgan fingerprint density at radius 2 is 2.47 bits per heavy atom. The Morgan fingerprint density at radius 3 is 3.00 bits per heavy atom. The molecule has 2 rings (SSSR count). The molecule has 0 aliphatic carbocycles. The first-order valence-electron chi connectivity index (χ1n) is 4.25. The average molecular weight is 206 g/mol. The molecule has 2 aromatic rings. The lowest BCUT2D eigenvalue weighted by Crippen LogP contribution is -2.13. The predicted octanol–water partition coefficient (Wildman–Crippen LogP) is -0.0223. The first-order chi connectivity index (χ1) is 7.16. The molecule has 0 aliphatic heterocycles. The summed E-state index contributed by atoms with van der Waals surface area (Å²) in [6.45, 7) is 0. The number of imidazole rings is 1. The van der Waals surface area contributed by atoms with Gasteiger partial charge >= 0.3 is 0 Å². The first kappa shape index (κ1) is 9.25. The van der Waals surface area contributed by atoms with E-state index < -0.39 is 0 Å². The largest absolute Gasteiger partial charge is 0.394 e. The van der Waals surface area contributed by atoms with E-state index in [-0.39, 0.29) is 5.91 Å². The van der Waals surface area contributed by atoms with Crippen molar-refractivity contribution in [1.82, 2.24) is 19.7 Å². The number of anilines is 2. The summed E-state index contributed by atoms with van der Waals surface area (Å²) < 4.78 is 1.69. The number of aromatic amines is 1. The molecule has 2 heterocycles. The van der Waals surface area contributed by atoms with Gasteiger partial charge in [0.1, 0.15) is 5.69 Å². The molecule has 7 nitrogen and oxygen atoms in total. The zero-order valence-corrected chi connectivity index (χ0v) is 8.06. The van der Waals surface area contributed by atoms with Crippen LogP contribution in [0.2, 0.25) is 0 Å². The number of hydrogen-bond acceptors (Lipinski definition) is 4. The third kappa shape index (κ3) is 1.80. The van der Waals surface area contributed by atoms with E-state index in [4.69, 9.17) is 5.73 Å². The summed E-state index contributed by atoms with van der Waals surface area (Å²) in [6.07, 6.45) is 4.58. The van der Waals surface area contributed by atoms with E-state index in [0.717, 1.165) is 0 Å². The zero-order valence-electron chi connectivity index (χ0n) is 8.06. The molecule has 1 amide bonds. The topological polar surface area (TPSA) is 102 Å². The van der Waals surface area contributed by atoms with Crippen LogP contribution in [-0.2, 0) is 7.05 Å². The maximum atomic E-state index is 11.6. The summed E-state index contributed by atoms with van der Waals surface area (Å²) >= 11 is 0. The second kappa shape index (κ2) is 3.45. The van der Waals surface area contributed by atoms with E-state index in [1.54, 1.807) is 24.1 Å². The fourth-order valence-corrected chi connectivity index (χ4v) is 1.10. The quantitative estimate of drug-likeness (QED) is 0.642. The van der Waals surface area contributed by atoms with Gasteiger partial charge in [0.05, 0.1) is 18.2 Å². The van der Waals surface area contributed by atoms with Crippen molar-refractivity contribution in [2.24, 2.45) is 7.05 Å². The second-order valence-electron chi connectivity index (χ2n) is 3.08. The van der Waals surface area contributed by atoms with Gasteiger partial charge in [0.25, 0.3) is 5.91 Å². The molecule has 4 N–H and O–H groups in total. The summed E-state index contributed by atoms with van der Waals surface area (Å²) in [5, 5.41) is 8.82. The highest BCUT2D eigenvalue weighted by Crippen LogP contribution is 2.13. The highest BCUT2D eigenvalue weighted by molar-refractivity contribution is 6.03. The molecule has 0 bridgehead atoms. The van der Waals surface area contributed by atoms with Gasteiger partial charge in [-0.05, 0) is 0 Å². The number of amides is 1. The summed E-state index contributed by atoms with van der Waals surface area (Å²) in [7, 11) is 1.79. The number of aromatic nitrogens is 4. The fourth-order valence-electron chi connectivity index (χ4n) is 1.10. The van der Waals surface area contributed by atoms with Crippen molar-refractivity contribution in [3.05, 3.63) is 24.4 Å². The van der Waals surface area contributed by atoms with Gasteiger partial charge in [0.15, 0.2) is 5.82 Å². The van der Waals surface area contributed by atoms with Crippen molar-refractivity contribution >= 4 is 17.4 Å². The molecule has 0 aromatic carbocycles. The molecule has 2 aromatic heterocycles.